The van der Waals surface area contributed by atoms with Crippen LogP contribution in [0.5, 0.6) is 0 Å². The van der Waals surface area contributed by atoms with Gasteiger partial charge in [0.15, 0.2) is 5.82 Å². The fraction of sp³-hybridized carbons (Fsp3) is 0.167. The number of halogens is 1. The molecule has 0 saturated heterocycles. The first-order valence-corrected chi connectivity index (χ1v) is 6.16. The molecule has 0 unspecified atom stereocenters. The Bertz CT molecular complexity index is 574. The summed E-state index contributed by atoms with van der Waals surface area (Å²) >= 11 is 1.24. The van der Waals surface area contributed by atoms with Crippen molar-refractivity contribution >= 4 is 17.7 Å². The molecule has 1 heterocycles. The SMILES string of the molecule is Cc1ccc(Sc2nc(NN)ncc2F)cc1C. The van der Waals surface area contributed by atoms with Gasteiger partial charge in [0.05, 0.1) is 6.20 Å². The summed E-state index contributed by atoms with van der Waals surface area (Å²) in [6.07, 6.45) is 1.10. The van der Waals surface area contributed by atoms with Crippen LogP contribution in [-0.4, -0.2) is 9.97 Å². The zero-order valence-corrected chi connectivity index (χ0v) is 10.9. The smallest absolute Gasteiger partial charge is 0.238 e. The summed E-state index contributed by atoms with van der Waals surface area (Å²) in [6.45, 7) is 4.05. The number of nitrogens with one attached hydrogen (secondary N) is 1. The van der Waals surface area contributed by atoms with Crippen molar-refractivity contribution < 1.29 is 4.39 Å². The molecule has 94 valence electrons. The number of rotatable bonds is 3. The van der Waals surface area contributed by atoms with E-state index in [-0.39, 0.29) is 11.0 Å². The van der Waals surface area contributed by atoms with Crippen molar-refractivity contribution in [3.8, 4) is 0 Å². The Morgan fingerprint density at radius 2 is 2.06 bits per heavy atom. The van der Waals surface area contributed by atoms with Crippen LogP contribution in [0.25, 0.3) is 0 Å². The van der Waals surface area contributed by atoms with E-state index in [2.05, 4.69) is 15.4 Å². The minimum absolute atomic E-state index is 0.197. The molecule has 0 aliphatic rings. The van der Waals surface area contributed by atoms with Crippen LogP contribution in [0.15, 0.2) is 34.3 Å². The molecule has 6 heteroatoms. The zero-order valence-electron chi connectivity index (χ0n) is 10.1. The fourth-order valence-corrected chi connectivity index (χ4v) is 2.26. The van der Waals surface area contributed by atoms with Crippen molar-refractivity contribution in [3.63, 3.8) is 0 Å². The van der Waals surface area contributed by atoms with E-state index >= 15 is 0 Å². The number of benzene rings is 1. The van der Waals surface area contributed by atoms with Crippen LogP contribution in [0, 0.1) is 19.7 Å². The van der Waals surface area contributed by atoms with Crippen LogP contribution in [0.1, 0.15) is 11.1 Å². The number of hydrazine groups is 1. The molecule has 0 spiro atoms. The van der Waals surface area contributed by atoms with Crippen LogP contribution < -0.4 is 11.3 Å². The van der Waals surface area contributed by atoms with Gasteiger partial charge in [-0.05, 0) is 37.1 Å². The second-order valence-electron chi connectivity index (χ2n) is 3.84. The van der Waals surface area contributed by atoms with E-state index in [0.717, 1.165) is 16.7 Å². The maximum Gasteiger partial charge on any atom is 0.238 e. The molecule has 2 aromatic rings. The molecule has 1 aromatic carbocycles. The average Bonchev–Trinajstić information content (AvgIpc) is 2.36. The lowest BCUT2D eigenvalue weighted by molar-refractivity contribution is 0.580. The van der Waals surface area contributed by atoms with E-state index in [0.29, 0.717) is 0 Å². The predicted molar refractivity (Wildman–Crippen MR) is 69.8 cm³/mol. The minimum Gasteiger partial charge on any atom is -0.292 e. The van der Waals surface area contributed by atoms with E-state index in [9.17, 15) is 4.39 Å². The van der Waals surface area contributed by atoms with Gasteiger partial charge in [0.2, 0.25) is 5.95 Å². The molecular weight excluding hydrogens is 251 g/mol. The van der Waals surface area contributed by atoms with Crippen LogP contribution in [-0.2, 0) is 0 Å². The molecule has 4 nitrogen and oxygen atoms in total. The highest BCUT2D eigenvalue weighted by Crippen LogP contribution is 2.29. The number of nitrogens with two attached hydrogens (primary N) is 1. The molecule has 0 amide bonds. The lowest BCUT2D eigenvalue weighted by Crippen LogP contribution is -2.11. The Kier molecular flexibility index (Phi) is 3.78. The second kappa shape index (κ2) is 5.32. The Labute approximate surface area is 109 Å². The average molecular weight is 264 g/mol. The molecule has 0 aliphatic carbocycles. The Morgan fingerprint density at radius 3 is 2.72 bits per heavy atom. The topological polar surface area (TPSA) is 63.8 Å². The molecule has 3 N–H and O–H groups in total. The third-order valence-electron chi connectivity index (χ3n) is 2.53. The highest BCUT2D eigenvalue weighted by atomic mass is 32.2. The summed E-state index contributed by atoms with van der Waals surface area (Å²) in [5.41, 5.74) is 4.66. The van der Waals surface area contributed by atoms with Gasteiger partial charge in [-0.2, -0.15) is 0 Å². The molecule has 18 heavy (non-hydrogen) atoms. The summed E-state index contributed by atoms with van der Waals surface area (Å²) in [5, 5.41) is 0.251. The van der Waals surface area contributed by atoms with Crippen molar-refractivity contribution in [2.75, 3.05) is 5.43 Å². The Balaban J connectivity index is 2.30. The van der Waals surface area contributed by atoms with E-state index < -0.39 is 5.82 Å². The van der Waals surface area contributed by atoms with Crippen molar-refractivity contribution in [2.24, 2.45) is 5.84 Å². The van der Waals surface area contributed by atoms with Gasteiger partial charge in [-0.3, -0.25) is 5.43 Å². The largest absolute Gasteiger partial charge is 0.292 e. The first-order valence-electron chi connectivity index (χ1n) is 5.34. The van der Waals surface area contributed by atoms with Crippen LogP contribution in [0.3, 0.4) is 0 Å². The maximum atomic E-state index is 13.6. The summed E-state index contributed by atoms with van der Waals surface area (Å²) in [4.78, 5) is 8.60. The quantitative estimate of drug-likeness (QED) is 0.507. The fourth-order valence-electron chi connectivity index (χ4n) is 1.38. The first kappa shape index (κ1) is 12.8. The van der Waals surface area contributed by atoms with Gasteiger partial charge in [0.1, 0.15) is 5.03 Å². The number of aryl methyl sites for hydroxylation is 2. The number of hydrogen-bond donors (Lipinski definition) is 2. The summed E-state index contributed by atoms with van der Waals surface area (Å²) in [6, 6.07) is 5.93. The lowest BCUT2D eigenvalue weighted by atomic mass is 10.1. The molecule has 0 fully saturated rings. The van der Waals surface area contributed by atoms with Gasteiger partial charge < -0.3 is 0 Å². The molecule has 0 radical (unpaired) electrons. The van der Waals surface area contributed by atoms with Crippen molar-refractivity contribution in [2.45, 2.75) is 23.8 Å². The van der Waals surface area contributed by atoms with E-state index in [1.165, 1.54) is 17.3 Å². The standard InChI is InChI=1S/C12H13FN4S/c1-7-3-4-9(5-8(7)2)18-11-10(13)6-15-12(16-11)17-14/h3-6H,14H2,1-2H3,(H,15,16,17). The first-order chi connectivity index (χ1) is 8.60. The van der Waals surface area contributed by atoms with E-state index in [1.807, 2.05) is 32.0 Å². The number of hydrogen-bond acceptors (Lipinski definition) is 5. The summed E-state index contributed by atoms with van der Waals surface area (Å²) < 4.78 is 13.6. The highest BCUT2D eigenvalue weighted by Gasteiger charge is 2.09. The molecule has 2 rings (SSSR count). The number of aromatic nitrogens is 2. The molecule has 0 bridgehead atoms. The highest BCUT2D eigenvalue weighted by molar-refractivity contribution is 7.99. The number of nitrogens with zero attached hydrogens (tertiary/aromatic N) is 2. The predicted octanol–water partition coefficient (Wildman–Crippen LogP) is 2.67. The maximum absolute atomic E-state index is 13.6. The monoisotopic (exact) mass is 264 g/mol. The zero-order chi connectivity index (χ0) is 13.1. The summed E-state index contributed by atoms with van der Waals surface area (Å²) in [5.74, 6) is 4.94. The van der Waals surface area contributed by atoms with Gasteiger partial charge >= 0.3 is 0 Å². The molecule has 0 saturated carbocycles. The van der Waals surface area contributed by atoms with Crippen molar-refractivity contribution in [1.82, 2.24) is 9.97 Å². The number of nitrogen functional groups attached to an aromatic ring is 1. The van der Waals surface area contributed by atoms with Gasteiger partial charge in [-0.15, -0.1) is 0 Å². The minimum atomic E-state index is -0.461. The molecule has 1 aromatic heterocycles. The molecule has 0 atom stereocenters. The Morgan fingerprint density at radius 1 is 1.28 bits per heavy atom. The third-order valence-corrected chi connectivity index (χ3v) is 3.50. The second-order valence-corrected chi connectivity index (χ2v) is 4.90. The molecule has 0 aliphatic heterocycles. The van der Waals surface area contributed by atoms with Crippen molar-refractivity contribution in [1.29, 1.82) is 0 Å². The van der Waals surface area contributed by atoms with Gasteiger partial charge in [-0.1, -0.05) is 17.8 Å². The number of anilines is 1. The molecular formula is C12H13FN4S. The van der Waals surface area contributed by atoms with Crippen LogP contribution >= 0.6 is 11.8 Å². The lowest BCUT2D eigenvalue weighted by Gasteiger charge is -2.06. The van der Waals surface area contributed by atoms with Crippen LogP contribution in [0.4, 0.5) is 10.3 Å². The normalized spacial score (nSPS) is 10.4. The summed E-state index contributed by atoms with van der Waals surface area (Å²) in [7, 11) is 0. The van der Waals surface area contributed by atoms with E-state index in [4.69, 9.17) is 5.84 Å². The third kappa shape index (κ3) is 2.77. The van der Waals surface area contributed by atoms with Gasteiger partial charge in [0.25, 0.3) is 0 Å². The van der Waals surface area contributed by atoms with Crippen molar-refractivity contribution in [3.05, 3.63) is 41.3 Å². The van der Waals surface area contributed by atoms with Crippen LogP contribution in [0.2, 0.25) is 0 Å². The van der Waals surface area contributed by atoms with Gasteiger partial charge in [0, 0.05) is 4.90 Å². The van der Waals surface area contributed by atoms with Gasteiger partial charge in [-0.25, -0.2) is 20.2 Å². The van der Waals surface area contributed by atoms with E-state index in [1.54, 1.807) is 0 Å². The Hall–Kier alpha value is -1.66.